The highest BCUT2D eigenvalue weighted by molar-refractivity contribution is 7.14. The van der Waals surface area contributed by atoms with Crippen LogP contribution in [0.3, 0.4) is 0 Å². The molecule has 6 heteroatoms. The minimum Gasteiger partial charge on any atom is -0.308 e. The summed E-state index contributed by atoms with van der Waals surface area (Å²) in [6, 6.07) is 8.67. The molecule has 0 fully saturated rings. The molecule has 1 aromatic carbocycles. The number of nitrogens with one attached hydrogen (secondary N) is 2. The number of hydrogen-bond acceptors (Lipinski definition) is 4. The highest BCUT2D eigenvalue weighted by Gasteiger charge is 2.05. The topological polar surface area (TPSA) is 71.1 Å². The average molecular weight is 247 g/mol. The average Bonchev–Trinajstić information content (AvgIpc) is 2.78. The zero-order valence-electron chi connectivity index (χ0n) is 8.71. The van der Waals surface area contributed by atoms with E-state index in [-0.39, 0.29) is 6.03 Å². The number of aldehydes is 1. The van der Waals surface area contributed by atoms with Gasteiger partial charge in [0.15, 0.2) is 11.4 Å². The maximum atomic E-state index is 11.5. The largest absolute Gasteiger partial charge is 0.325 e. The number of hydrogen-bond donors (Lipinski definition) is 2. The number of amides is 2. The van der Waals surface area contributed by atoms with Gasteiger partial charge in [-0.3, -0.25) is 10.1 Å². The van der Waals surface area contributed by atoms with Crippen molar-refractivity contribution < 1.29 is 9.59 Å². The monoisotopic (exact) mass is 247 g/mol. The zero-order valence-corrected chi connectivity index (χ0v) is 9.53. The number of thiazole rings is 1. The van der Waals surface area contributed by atoms with Crippen molar-refractivity contribution in [1.29, 1.82) is 0 Å². The lowest BCUT2D eigenvalue weighted by atomic mass is 10.3. The maximum absolute atomic E-state index is 11.5. The van der Waals surface area contributed by atoms with Gasteiger partial charge in [-0.15, -0.1) is 11.3 Å². The molecule has 0 aliphatic carbocycles. The second-order valence-electron chi connectivity index (χ2n) is 3.14. The van der Waals surface area contributed by atoms with Gasteiger partial charge in [0.2, 0.25) is 0 Å². The SMILES string of the molecule is O=Cc1csc(NC(=O)Nc2ccccc2)n1. The van der Waals surface area contributed by atoms with Crippen molar-refractivity contribution in [2.45, 2.75) is 0 Å². The standard InChI is InChI=1S/C11H9N3O2S/c15-6-9-7-17-11(13-9)14-10(16)12-8-4-2-1-3-5-8/h1-7H,(H2,12,13,14,16). The number of nitrogens with zero attached hydrogens (tertiary/aromatic N) is 1. The number of carbonyl (C=O) groups is 2. The van der Waals surface area contributed by atoms with Gasteiger partial charge in [-0.1, -0.05) is 18.2 Å². The van der Waals surface area contributed by atoms with Crippen LogP contribution in [-0.4, -0.2) is 17.3 Å². The fourth-order valence-electron chi connectivity index (χ4n) is 1.18. The lowest BCUT2D eigenvalue weighted by molar-refractivity contribution is 0.111. The Bertz CT molecular complexity index is 525. The first-order chi connectivity index (χ1) is 8.28. The van der Waals surface area contributed by atoms with Crippen LogP contribution in [-0.2, 0) is 0 Å². The third-order valence-electron chi connectivity index (χ3n) is 1.89. The first-order valence-corrected chi connectivity index (χ1v) is 5.69. The van der Waals surface area contributed by atoms with Crippen molar-refractivity contribution in [3.05, 3.63) is 41.4 Å². The number of carbonyl (C=O) groups excluding carboxylic acids is 2. The number of aromatic nitrogens is 1. The van der Waals surface area contributed by atoms with Crippen LogP contribution < -0.4 is 10.6 Å². The Balaban J connectivity index is 1.95. The van der Waals surface area contributed by atoms with Crippen molar-refractivity contribution in [2.24, 2.45) is 0 Å². The molecule has 86 valence electrons. The first-order valence-electron chi connectivity index (χ1n) is 4.81. The van der Waals surface area contributed by atoms with E-state index < -0.39 is 0 Å². The number of rotatable bonds is 3. The van der Waals surface area contributed by atoms with Gasteiger partial charge in [-0.2, -0.15) is 0 Å². The fourth-order valence-corrected chi connectivity index (χ4v) is 1.83. The minimum atomic E-state index is -0.386. The smallest absolute Gasteiger partial charge is 0.308 e. The third-order valence-corrected chi connectivity index (χ3v) is 2.67. The first kappa shape index (κ1) is 11.3. The predicted molar refractivity (Wildman–Crippen MR) is 66.6 cm³/mol. The van der Waals surface area contributed by atoms with Crippen LogP contribution in [0.4, 0.5) is 15.6 Å². The van der Waals surface area contributed by atoms with E-state index in [2.05, 4.69) is 15.6 Å². The van der Waals surface area contributed by atoms with Gasteiger partial charge in [-0.25, -0.2) is 9.78 Å². The maximum Gasteiger partial charge on any atom is 0.325 e. The second kappa shape index (κ2) is 5.22. The van der Waals surface area contributed by atoms with Gasteiger partial charge >= 0.3 is 6.03 Å². The molecule has 0 unspecified atom stereocenters. The Labute approximate surface area is 102 Å². The van der Waals surface area contributed by atoms with E-state index in [1.54, 1.807) is 17.5 Å². The van der Waals surface area contributed by atoms with E-state index in [9.17, 15) is 9.59 Å². The van der Waals surface area contributed by atoms with Gasteiger partial charge < -0.3 is 5.32 Å². The Morgan fingerprint density at radius 1 is 1.24 bits per heavy atom. The van der Waals surface area contributed by atoms with Gasteiger partial charge in [0.1, 0.15) is 5.69 Å². The van der Waals surface area contributed by atoms with Gasteiger partial charge in [-0.05, 0) is 12.1 Å². The summed E-state index contributed by atoms with van der Waals surface area (Å²) < 4.78 is 0. The van der Waals surface area contributed by atoms with E-state index in [1.807, 2.05) is 18.2 Å². The van der Waals surface area contributed by atoms with Crippen LogP contribution in [0.2, 0.25) is 0 Å². The fraction of sp³-hybridized carbons (Fsp3) is 0. The molecule has 2 rings (SSSR count). The number of benzene rings is 1. The molecule has 2 N–H and O–H groups in total. The van der Waals surface area contributed by atoms with Crippen LogP contribution in [0, 0.1) is 0 Å². The van der Waals surface area contributed by atoms with E-state index in [4.69, 9.17) is 0 Å². The van der Waals surface area contributed by atoms with Crippen LogP contribution >= 0.6 is 11.3 Å². The molecule has 2 amide bonds. The molecule has 1 aromatic heterocycles. The summed E-state index contributed by atoms with van der Waals surface area (Å²) in [5.41, 5.74) is 1.00. The molecule has 17 heavy (non-hydrogen) atoms. The van der Waals surface area contributed by atoms with E-state index in [0.717, 1.165) is 0 Å². The summed E-state index contributed by atoms with van der Waals surface area (Å²) in [5.74, 6) is 0. The minimum absolute atomic E-state index is 0.310. The summed E-state index contributed by atoms with van der Waals surface area (Å²) in [6.45, 7) is 0. The summed E-state index contributed by atoms with van der Waals surface area (Å²) >= 11 is 1.20. The molecule has 0 bridgehead atoms. The van der Waals surface area contributed by atoms with Crippen molar-refractivity contribution in [2.75, 3.05) is 10.6 Å². The molecular weight excluding hydrogens is 238 g/mol. The molecule has 0 aliphatic rings. The summed E-state index contributed by atoms with van der Waals surface area (Å²) in [7, 11) is 0. The Morgan fingerprint density at radius 3 is 2.65 bits per heavy atom. The van der Waals surface area contributed by atoms with Crippen LogP contribution in [0.15, 0.2) is 35.7 Å². The predicted octanol–water partition coefficient (Wildman–Crippen LogP) is 2.60. The van der Waals surface area contributed by atoms with Crippen molar-refractivity contribution in [3.8, 4) is 0 Å². The lowest BCUT2D eigenvalue weighted by Gasteiger charge is -2.04. The van der Waals surface area contributed by atoms with Gasteiger partial charge in [0.25, 0.3) is 0 Å². The van der Waals surface area contributed by atoms with E-state index in [0.29, 0.717) is 22.8 Å². The van der Waals surface area contributed by atoms with Crippen molar-refractivity contribution in [1.82, 2.24) is 4.98 Å². The molecule has 0 atom stereocenters. The molecular formula is C11H9N3O2S. The Morgan fingerprint density at radius 2 is 2.00 bits per heavy atom. The van der Waals surface area contributed by atoms with Gasteiger partial charge in [0, 0.05) is 11.1 Å². The van der Waals surface area contributed by atoms with E-state index >= 15 is 0 Å². The Kier molecular flexibility index (Phi) is 3.46. The third kappa shape index (κ3) is 3.12. The summed E-state index contributed by atoms with van der Waals surface area (Å²) in [4.78, 5) is 25.8. The number of urea groups is 1. The van der Waals surface area contributed by atoms with Crippen LogP contribution in [0.25, 0.3) is 0 Å². The highest BCUT2D eigenvalue weighted by Crippen LogP contribution is 2.14. The Hall–Kier alpha value is -2.21. The van der Waals surface area contributed by atoms with Crippen molar-refractivity contribution >= 4 is 34.5 Å². The molecule has 1 heterocycles. The van der Waals surface area contributed by atoms with Crippen LogP contribution in [0.1, 0.15) is 10.5 Å². The number of anilines is 2. The molecule has 0 aliphatic heterocycles. The summed E-state index contributed by atoms with van der Waals surface area (Å²) in [5, 5.41) is 7.15. The van der Waals surface area contributed by atoms with Crippen molar-refractivity contribution in [3.63, 3.8) is 0 Å². The molecule has 2 aromatic rings. The zero-order chi connectivity index (χ0) is 12.1. The molecule has 0 saturated carbocycles. The highest BCUT2D eigenvalue weighted by atomic mass is 32.1. The lowest BCUT2D eigenvalue weighted by Crippen LogP contribution is -2.19. The van der Waals surface area contributed by atoms with Gasteiger partial charge in [0.05, 0.1) is 0 Å². The van der Waals surface area contributed by atoms with E-state index in [1.165, 1.54) is 11.3 Å². The summed E-state index contributed by atoms with van der Waals surface area (Å²) in [6.07, 6.45) is 0.636. The molecule has 0 radical (unpaired) electrons. The number of para-hydroxylation sites is 1. The molecule has 5 nitrogen and oxygen atoms in total. The van der Waals surface area contributed by atoms with Crippen LogP contribution in [0.5, 0.6) is 0 Å². The quantitative estimate of drug-likeness (QED) is 0.819. The molecule has 0 saturated heterocycles. The molecule has 0 spiro atoms. The second-order valence-corrected chi connectivity index (χ2v) is 4.00. The normalized spacial score (nSPS) is 9.65.